The van der Waals surface area contributed by atoms with Crippen molar-refractivity contribution >= 4 is 39.1 Å². The second-order valence-corrected chi connectivity index (χ2v) is 13.9. The van der Waals surface area contributed by atoms with E-state index in [4.69, 9.17) is 45.0 Å². The molecule has 0 unspecified atom stereocenters. The quantitative estimate of drug-likeness (QED) is 0.0733. The fourth-order valence-electron chi connectivity index (χ4n) is 6.20. The highest BCUT2D eigenvalue weighted by Crippen LogP contribution is 2.52. The lowest BCUT2D eigenvalue weighted by atomic mass is 9.98. The van der Waals surface area contributed by atoms with Crippen LogP contribution < -0.4 is 18.9 Å². The number of hydrogen-bond donors (Lipinski definition) is 1. The van der Waals surface area contributed by atoms with Gasteiger partial charge in [-0.1, -0.05) is 54.1 Å². The van der Waals surface area contributed by atoms with Crippen LogP contribution in [0.5, 0.6) is 28.9 Å². The summed E-state index contributed by atoms with van der Waals surface area (Å²) in [5.41, 5.74) is 3.62. The summed E-state index contributed by atoms with van der Waals surface area (Å²) in [7, 11) is 3.04. The standard InChI is InChI=1S/C43H36ClFN4O8S/c1-4-54-43(51)34(21-26-9-5-7-11-32(26)55-22-28-19-20-46-40(49-28)29-10-6-8-12-33(29)53-3)57-41-36-35(30-17-18-31(50)37(44)38(30)56-24-52-2)39(58-42(36)48-23-47-41)25-13-15-27(45)16-14-25/h5-20,23,34,50H,4,21-22,24H2,1-3H3/t34-/m1/s1. The Kier molecular flexibility index (Phi) is 12.6. The zero-order chi connectivity index (χ0) is 40.6. The molecule has 15 heteroatoms. The van der Waals surface area contributed by atoms with Gasteiger partial charge in [-0.15, -0.1) is 11.3 Å². The van der Waals surface area contributed by atoms with E-state index in [-0.39, 0.29) is 48.8 Å². The number of carbonyl (C=O) groups is 1. The van der Waals surface area contributed by atoms with Gasteiger partial charge in [-0.25, -0.2) is 29.1 Å². The number of esters is 1. The maximum atomic E-state index is 14.1. The minimum absolute atomic E-state index is 0.0360. The van der Waals surface area contributed by atoms with Crippen LogP contribution in [0.1, 0.15) is 18.2 Å². The Labute approximate surface area is 341 Å². The van der Waals surface area contributed by atoms with Gasteiger partial charge in [0.05, 0.1) is 30.4 Å². The first-order valence-electron chi connectivity index (χ1n) is 18.0. The molecule has 296 valence electrons. The Morgan fingerprint density at radius 1 is 0.897 bits per heavy atom. The van der Waals surface area contributed by atoms with Gasteiger partial charge in [-0.2, -0.15) is 0 Å². The van der Waals surface area contributed by atoms with Crippen molar-refractivity contribution in [2.45, 2.75) is 26.1 Å². The van der Waals surface area contributed by atoms with E-state index >= 15 is 0 Å². The van der Waals surface area contributed by atoms with Crippen molar-refractivity contribution in [3.05, 3.63) is 126 Å². The fourth-order valence-corrected chi connectivity index (χ4v) is 7.57. The fraction of sp³-hybridized carbons (Fsp3) is 0.186. The average molecular weight is 823 g/mol. The molecule has 0 bridgehead atoms. The Morgan fingerprint density at radius 3 is 2.45 bits per heavy atom. The largest absolute Gasteiger partial charge is 0.506 e. The highest BCUT2D eigenvalue weighted by molar-refractivity contribution is 7.22. The molecule has 7 aromatic rings. The number of methoxy groups -OCH3 is 2. The van der Waals surface area contributed by atoms with E-state index in [1.165, 1.54) is 43.0 Å². The number of benzene rings is 4. The smallest absolute Gasteiger partial charge is 0.347 e. The molecule has 58 heavy (non-hydrogen) atoms. The molecule has 4 aromatic carbocycles. The molecular formula is C43H36ClFN4O8S. The Morgan fingerprint density at radius 2 is 1.67 bits per heavy atom. The van der Waals surface area contributed by atoms with Crippen LogP contribution in [0.3, 0.4) is 0 Å². The molecule has 0 spiro atoms. The molecule has 0 saturated carbocycles. The van der Waals surface area contributed by atoms with E-state index in [2.05, 4.69) is 15.0 Å². The van der Waals surface area contributed by atoms with Crippen LogP contribution in [0.2, 0.25) is 5.02 Å². The maximum absolute atomic E-state index is 14.1. The summed E-state index contributed by atoms with van der Waals surface area (Å²) >= 11 is 7.91. The van der Waals surface area contributed by atoms with Crippen molar-refractivity contribution in [3.63, 3.8) is 0 Å². The lowest BCUT2D eigenvalue weighted by Crippen LogP contribution is -2.32. The predicted molar refractivity (Wildman–Crippen MR) is 217 cm³/mol. The third kappa shape index (κ3) is 8.64. The minimum atomic E-state index is -1.20. The molecule has 0 aliphatic rings. The SMILES string of the molecule is CCOC(=O)[C@@H](Cc1ccccc1OCc1ccnc(-c2ccccc2OC)n1)Oc1ncnc2sc(-c3ccc(F)cc3)c(-c3ccc(O)c(Cl)c3OCOC)c12. The van der Waals surface area contributed by atoms with Crippen molar-refractivity contribution in [2.75, 3.05) is 27.6 Å². The van der Waals surface area contributed by atoms with Gasteiger partial charge >= 0.3 is 5.97 Å². The van der Waals surface area contributed by atoms with Crippen molar-refractivity contribution in [1.29, 1.82) is 0 Å². The van der Waals surface area contributed by atoms with E-state index in [1.807, 2.05) is 42.5 Å². The van der Waals surface area contributed by atoms with E-state index in [1.54, 1.807) is 50.6 Å². The summed E-state index contributed by atoms with van der Waals surface area (Å²) in [6.07, 6.45) is 1.83. The highest BCUT2D eigenvalue weighted by atomic mass is 35.5. The van der Waals surface area contributed by atoms with E-state index < -0.39 is 17.9 Å². The molecule has 0 aliphatic carbocycles. The summed E-state index contributed by atoms with van der Waals surface area (Å²) < 4.78 is 49.1. The molecule has 0 fully saturated rings. The molecular weight excluding hydrogens is 787 g/mol. The number of carbonyl (C=O) groups excluding carboxylic acids is 1. The summed E-state index contributed by atoms with van der Waals surface area (Å²) in [4.78, 5) is 33.0. The summed E-state index contributed by atoms with van der Waals surface area (Å²) in [5.74, 6) is 0.551. The topological polar surface area (TPSA) is 144 Å². The third-order valence-corrected chi connectivity index (χ3v) is 10.4. The zero-order valence-corrected chi connectivity index (χ0v) is 33.1. The van der Waals surface area contributed by atoms with E-state index in [9.17, 15) is 14.3 Å². The molecule has 3 aromatic heterocycles. The summed E-state index contributed by atoms with van der Waals surface area (Å²) in [6, 6.07) is 25.6. The van der Waals surface area contributed by atoms with Crippen LogP contribution in [-0.4, -0.2) is 64.7 Å². The van der Waals surface area contributed by atoms with Gasteiger partial charge in [-0.05, 0) is 66.6 Å². The van der Waals surface area contributed by atoms with Gasteiger partial charge < -0.3 is 33.5 Å². The second kappa shape index (κ2) is 18.3. The number of nitrogens with zero attached hydrogens (tertiary/aromatic N) is 4. The summed E-state index contributed by atoms with van der Waals surface area (Å²) in [6.45, 7) is 1.73. The Balaban J connectivity index is 1.26. The number of para-hydroxylation sites is 2. The first-order chi connectivity index (χ1) is 28.3. The van der Waals surface area contributed by atoms with Gasteiger partial charge in [0, 0.05) is 35.7 Å². The number of ether oxygens (including phenoxy) is 6. The number of rotatable bonds is 16. The molecule has 0 radical (unpaired) electrons. The highest BCUT2D eigenvalue weighted by Gasteiger charge is 2.30. The Bertz CT molecular complexity index is 2560. The lowest BCUT2D eigenvalue weighted by molar-refractivity contribution is -0.151. The third-order valence-electron chi connectivity index (χ3n) is 8.85. The van der Waals surface area contributed by atoms with Gasteiger partial charge in [0.25, 0.3) is 0 Å². The summed E-state index contributed by atoms with van der Waals surface area (Å²) in [5, 5.41) is 10.9. The first kappa shape index (κ1) is 39.9. The molecule has 1 N–H and O–H groups in total. The zero-order valence-electron chi connectivity index (χ0n) is 31.5. The molecule has 1 atom stereocenters. The normalized spacial score (nSPS) is 11.6. The number of aromatic hydroxyl groups is 1. The van der Waals surface area contributed by atoms with Crippen LogP contribution in [0.15, 0.2) is 104 Å². The van der Waals surface area contributed by atoms with Crippen molar-refractivity contribution < 1.29 is 42.7 Å². The van der Waals surface area contributed by atoms with Crippen molar-refractivity contribution in [1.82, 2.24) is 19.9 Å². The number of aromatic nitrogens is 4. The van der Waals surface area contributed by atoms with Crippen LogP contribution in [0.4, 0.5) is 4.39 Å². The van der Waals surface area contributed by atoms with Gasteiger partial charge in [-0.3, -0.25) is 0 Å². The Hall–Kier alpha value is -6.35. The molecule has 7 rings (SSSR count). The minimum Gasteiger partial charge on any atom is -0.506 e. The monoisotopic (exact) mass is 822 g/mol. The van der Waals surface area contributed by atoms with Crippen LogP contribution in [-0.2, 0) is 27.3 Å². The first-order valence-corrected chi connectivity index (χ1v) is 19.1. The number of thiophene rings is 1. The molecule has 0 aliphatic heterocycles. The van der Waals surface area contributed by atoms with Gasteiger partial charge in [0.2, 0.25) is 12.0 Å². The number of fused-ring (bicyclic) bond motifs is 1. The number of hydrogen-bond acceptors (Lipinski definition) is 13. The number of halogens is 2. The second-order valence-electron chi connectivity index (χ2n) is 12.5. The lowest BCUT2D eigenvalue weighted by Gasteiger charge is -2.20. The van der Waals surface area contributed by atoms with Crippen LogP contribution in [0.25, 0.3) is 43.2 Å². The number of phenols is 1. The van der Waals surface area contributed by atoms with Crippen LogP contribution in [0, 0.1) is 5.82 Å². The predicted octanol–water partition coefficient (Wildman–Crippen LogP) is 9.10. The average Bonchev–Trinajstić information content (AvgIpc) is 3.64. The molecule has 12 nitrogen and oxygen atoms in total. The molecule has 3 heterocycles. The molecule has 0 saturated heterocycles. The molecule has 0 amide bonds. The van der Waals surface area contributed by atoms with Crippen LogP contribution >= 0.6 is 22.9 Å². The van der Waals surface area contributed by atoms with E-state index in [0.717, 1.165) is 5.56 Å². The maximum Gasteiger partial charge on any atom is 0.347 e. The van der Waals surface area contributed by atoms with E-state index in [0.29, 0.717) is 60.4 Å². The van der Waals surface area contributed by atoms with Crippen molar-refractivity contribution in [3.8, 4) is 61.8 Å². The van der Waals surface area contributed by atoms with Gasteiger partial charge in [0.15, 0.2) is 18.4 Å². The van der Waals surface area contributed by atoms with Crippen molar-refractivity contribution in [2.24, 2.45) is 0 Å². The van der Waals surface area contributed by atoms with Gasteiger partial charge in [0.1, 0.15) is 45.9 Å². The number of phenolic OH excluding ortho intramolecular Hbond substituents is 1.